The molecule has 214 valence electrons. The second-order valence-corrected chi connectivity index (χ2v) is 11.0. The molecule has 2 aromatic carbocycles. The third-order valence-electron chi connectivity index (χ3n) is 7.74. The molecule has 2 saturated heterocycles. The number of benzene rings is 2. The molecule has 2 aliphatic heterocycles. The van der Waals surface area contributed by atoms with Crippen LogP contribution in [-0.2, 0) is 11.3 Å². The molecular weight excluding hydrogens is 525 g/mol. The predicted molar refractivity (Wildman–Crippen MR) is 154 cm³/mol. The predicted octanol–water partition coefficient (Wildman–Crippen LogP) is 4.56. The summed E-state index contributed by atoms with van der Waals surface area (Å²) < 4.78 is 20.6. The fourth-order valence-electron chi connectivity index (χ4n) is 5.51. The van der Waals surface area contributed by atoms with Crippen LogP contribution in [0, 0.1) is 19.7 Å². The van der Waals surface area contributed by atoms with Gasteiger partial charge in [-0.05, 0) is 74.7 Å². The number of amides is 4. The molecule has 0 N–H and O–H groups in total. The number of hydrogen-bond donors (Lipinski definition) is 0. The highest BCUT2D eigenvalue weighted by Gasteiger charge is 2.52. The highest BCUT2D eigenvalue weighted by atomic mass is 19.1. The maximum absolute atomic E-state index is 15.4. The third kappa shape index (κ3) is 5.21. The van der Waals surface area contributed by atoms with Crippen molar-refractivity contribution in [2.75, 3.05) is 43.1 Å². The van der Waals surface area contributed by atoms with E-state index in [0.29, 0.717) is 31.9 Å². The monoisotopic (exact) mass is 559 g/mol. The molecule has 3 aromatic rings. The van der Waals surface area contributed by atoms with Crippen LogP contribution in [0.5, 0.6) is 5.75 Å². The lowest BCUT2D eigenvalue weighted by molar-refractivity contribution is -0.130. The summed E-state index contributed by atoms with van der Waals surface area (Å²) >= 11 is 0. The lowest BCUT2D eigenvalue weighted by atomic mass is 10.0. The van der Waals surface area contributed by atoms with Gasteiger partial charge in [-0.3, -0.25) is 19.4 Å². The van der Waals surface area contributed by atoms with E-state index in [1.807, 2.05) is 20.0 Å². The summed E-state index contributed by atoms with van der Waals surface area (Å²) in [5.74, 6) is 0.0176. The number of ether oxygens (including phenoxy) is 1. The van der Waals surface area contributed by atoms with Gasteiger partial charge in [0.1, 0.15) is 22.9 Å². The van der Waals surface area contributed by atoms with Crippen LogP contribution in [0.25, 0.3) is 0 Å². The Morgan fingerprint density at radius 2 is 1.68 bits per heavy atom. The maximum Gasteiger partial charge on any atom is 0.332 e. The van der Waals surface area contributed by atoms with Gasteiger partial charge in [0.05, 0.1) is 19.2 Å². The average molecular weight is 560 g/mol. The molecule has 3 heterocycles. The van der Waals surface area contributed by atoms with Crippen LogP contribution in [0.2, 0.25) is 0 Å². The number of urea groups is 1. The van der Waals surface area contributed by atoms with E-state index in [9.17, 15) is 14.4 Å². The van der Waals surface area contributed by atoms with Crippen molar-refractivity contribution in [2.45, 2.75) is 39.8 Å². The standard InChI is InChI=1S/C31H34FN5O4/c1-20-16-21(2)27(33-18-20)34-12-14-35(15-13-34)28(38)25-11-8-23(17-26(25)32)37-30(40)36(29(39)31(37,3)4)19-22-6-9-24(41-5)10-7-22/h6-11,16-18H,12-15,19H2,1-5H3. The van der Waals surface area contributed by atoms with Crippen LogP contribution in [0.3, 0.4) is 0 Å². The first-order valence-electron chi connectivity index (χ1n) is 13.6. The van der Waals surface area contributed by atoms with E-state index in [-0.39, 0.29) is 17.8 Å². The summed E-state index contributed by atoms with van der Waals surface area (Å²) in [5.41, 5.74) is 1.83. The van der Waals surface area contributed by atoms with Crippen molar-refractivity contribution >= 4 is 29.4 Å². The van der Waals surface area contributed by atoms with Crippen molar-refractivity contribution in [3.05, 3.63) is 82.8 Å². The quantitative estimate of drug-likeness (QED) is 0.412. The molecule has 10 heteroatoms. The first-order valence-corrected chi connectivity index (χ1v) is 13.6. The van der Waals surface area contributed by atoms with Gasteiger partial charge in [0.25, 0.3) is 11.8 Å². The summed E-state index contributed by atoms with van der Waals surface area (Å²) in [7, 11) is 1.56. The number of nitrogens with zero attached hydrogens (tertiary/aromatic N) is 5. The highest BCUT2D eigenvalue weighted by Crippen LogP contribution is 2.35. The molecule has 9 nitrogen and oxygen atoms in total. The number of hydrogen-bond acceptors (Lipinski definition) is 6. The van der Waals surface area contributed by atoms with E-state index in [0.717, 1.165) is 33.5 Å². The molecule has 0 unspecified atom stereocenters. The Kier molecular flexibility index (Phi) is 7.42. The number of aryl methyl sites for hydroxylation is 2. The van der Waals surface area contributed by atoms with Gasteiger partial charge in [-0.15, -0.1) is 0 Å². The van der Waals surface area contributed by atoms with Gasteiger partial charge >= 0.3 is 6.03 Å². The largest absolute Gasteiger partial charge is 0.497 e. The van der Waals surface area contributed by atoms with Gasteiger partial charge in [0, 0.05) is 38.1 Å². The second kappa shape index (κ2) is 10.8. The van der Waals surface area contributed by atoms with Crippen molar-refractivity contribution in [3.63, 3.8) is 0 Å². The van der Waals surface area contributed by atoms with E-state index in [1.54, 1.807) is 50.1 Å². The van der Waals surface area contributed by atoms with Gasteiger partial charge in [-0.2, -0.15) is 0 Å². The minimum Gasteiger partial charge on any atom is -0.497 e. The molecule has 0 spiro atoms. The van der Waals surface area contributed by atoms with E-state index >= 15 is 4.39 Å². The van der Waals surface area contributed by atoms with Crippen molar-refractivity contribution in [2.24, 2.45) is 0 Å². The number of anilines is 2. The van der Waals surface area contributed by atoms with Gasteiger partial charge in [-0.25, -0.2) is 14.2 Å². The first-order chi connectivity index (χ1) is 19.5. The molecule has 0 radical (unpaired) electrons. The normalized spacial score (nSPS) is 16.9. The Hall–Kier alpha value is -4.47. The molecule has 0 bridgehead atoms. The molecule has 5 rings (SSSR count). The van der Waals surface area contributed by atoms with E-state index < -0.39 is 29.2 Å². The van der Waals surface area contributed by atoms with Gasteiger partial charge in [0.15, 0.2) is 0 Å². The summed E-state index contributed by atoms with van der Waals surface area (Å²) in [6.07, 6.45) is 1.83. The summed E-state index contributed by atoms with van der Waals surface area (Å²) in [5, 5.41) is 0. The Morgan fingerprint density at radius 1 is 1.00 bits per heavy atom. The third-order valence-corrected chi connectivity index (χ3v) is 7.74. The highest BCUT2D eigenvalue weighted by molar-refractivity contribution is 6.16. The number of piperazine rings is 1. The summed E-state index contributed by atoms with van der Waals surface area (Å²) in [4.78, 5) is 50.7. The Bertz CT molecular complexity index is 1500. The molecule has 0 atom stereocenters. The lowest BCUT2D eigenvalue weighted by Crippen LogP contribution is -2.49. The zero-order valence-electron chi connectivity index (χ0n) is 24.0. The number of methoxy groups -OCH3 is 1. The van der Waals surface area contributed by atoms with Crippen molar-refractivity contribution < 1.29 is 23.5 Å². The zero-order chi connectivity index (χ0) is 29.5. The summed E-state index contributed by atoms with van der Waals surface area (Å²) in [6.45, 7) is 9.38. The Labute approximate surface area is 239 Å². The Balaban J connectivity index is 1.30. The van der Waals surface area contributed by atoms with Crippen LogP contribution in [0.15, 0.2) is 54.7 Å². The molecular formula is C31H34FN5O4. The minimum absolute atomic E-state index is 0.0716. The van der Waals surface area contributed by atoms with Crippen LogP contribution in [0.4, 0.5) is 20.7 Å². The fourth-order valence-corrected chi connectivity index (χ4v) is 5.51. The number of halogens is 1. The summed E-state index contributed by atoms with van der Waals surface area (Å²) in [6, 6.07) is 12.7. The second-order valence-electron chi connectivity index (χ2n) is 11.0. The number of imide groups is 1. The first kappa shape index (κ1) is 28.1. The van der Waals surface area contributed by atoms with Crippen LogP contribution in [-0.4, -0.2) is 71.5 Å². The van der Waals surface area contributed by atoms with Crippen LogP contribution >= 0.6 is 0 Å². The molecule has 2 aliphatic rings. The lowest BCUT2D eigenvalue weighted by Gasteiger charge is -2.36. The van der Waals surface area contributed by atoms with E-state index in [2.05, 4.69) is 16.0 Å². The molecule has 41 heavy (non-hydrogen) atoms. The average Bonchev–Trinajstić information content (AvgIpc) is 3.12. The van der Waals surface area contributed by atoms with Crippen molar-refractivity contribution in [1.29, 1.82) is 0 Å². The molecule has 0 aliphatic carbocycles. The van der Waals surface area contributed by atoms with E-state index in [1.165, 1.54) is 17.0 Å². The van der Waals surface area contributed by atoms with Crippen LogP contribution < -0.4 is 14.5 Å². The number of aromatic nitrogens is 1. The minimum atomic E-state index is -1.24. The Morgan fingerprint density at radius 3 is 2.29 bits per heavy atom. The zero-order valence-corrected chi connectivity index (χ0v) is 24.0. The number of pyridine rings is 1. The molecule has 4 amide bonds. The maximum atomic E-state index is 15.4. The fraction of sp³-hybridized carbons (Fsp3) is 0.355. The van der Waals surface area contributed by atoms with Crippen LogP contribution in [0.1, 0.15) is 40.9 Å². The molecule has 0 saturated carbocycles. The van der Waals surface area contributed by atoms with Crippen molar-refractivity contribution in [3.8, 4) is 5.75 Å². The smallest absolute Gasteiger partial charge is 0.332 e. The van der Waals surface area contributed by atoms with Gasteiger partial charge < -0.3 is 14.5 Å². The number of rotatable bonds is 6. The molecule has 1 aromatic heterocycles. The van der Waals surface area contributed by atoms with Crippen molar-refractivity contribution in [1.82, 2.24) is 14.8 Å². The van der Waals surface area contributed by atoms with Gasteiger partial charge in [0.2, 0.25) is 0 Å². The SMILES string of the molecule is COc1ccc(CN2C(=O)N(c3ccc(C(=O)N4CCN(c5ncc(C)cc5C)CC4)c(F)c3)C(C)(C)C2=O)cc1. The number of carbonyl (C=O) groups excluding carboxylic acids is 3. The molecule has 2 fully saturated rings. The number of carbonyl (C=O) groups is 3. The van der Waals surface area contributed by atoms with Gasteiger partial charge in [-0.1, -0.05) is 18.2 Å². The topological polar surface area (TPSA) is 86.3 Å². The van der Waals surface area contributed by atoms with E-state index in [4.69, 9.17) is 4.74 Å².